The molecule has 4 rings (SSSR count). The molecule has 0 unspecified atom stereocenters. The Morgan fingerprint density at radius 3 is 2.30 bits per heavy atom. The molecule has 3 aromatic carbocycles. The van der Waals surface area contributed by atoms with Crippen molar-refractivity contribution >= 4 is 10.8 Å². The number of hydrogen-bond acceptors (Lipinski definition) is 0. The summed E-state index contributed by atoms with van der Waals surface area (Å²) < 4.78 is 67.2. The molecule has 0 aromatic heterocycles. The zero-order valence-corrected chi connectivity index (χ0v) is 18.4. The maximum absolute atomic E-state index is 15.1. The van der Waals surface area contributed by atoms with Gasteiger partial charge in [-0.25, -0.2) is 8.78 Å². The first kappa shape index (κ1) is 23.5. The largest absolute Gasteiger partial charge is 0.419 e. The fourth-order valence-corrected chi connectivity index (χ4v) is 4.99. The number of fused-ring (bicyclic) bond motifs is 1. The average molecular weight is 459 g/mol. The van der Waals surface area contributed by atoms with Gasteiger partial charge in [0.2, 0.25) is 0 Å². The van der Waals surface area contributed by atoms with Crippen molar-refractivity contribution in [2.75, 3.05) is 0 Å². The van der Waals surface area contributed by atoms with Crippen LogP contribution in [0.1, 0.15) is 60.3 Å². The summed E-state index contributed by atoms with van der Waals surface area (Å²) in [6, 6.07) is 12.4. The van der Waals surface area contributed by atoms with Crippen molar-refractivity contribution in [2.45, 2.75) is 57.0 Å². The van der Waals surface area contributed by atoms with Crippen molar-refractivity contribution in [1.82, 2.24) is 0 Å². The molecule has 1 saturated carbocycles. The molecule has 0 bridgehead atoms. The molecule has 0 radical (unpaired) electrons. The number of aryl methyl sites for hydroxylation is 2. The average Bonchev–Trinajstić information content (AvgIpc) is 2.78. The van der Waals surface area contributed by atoms with Crippen LogP contribution in [0.4, 0.5) is 22.0 Å². The molecule has 1 fully saturated rings. The second-order valence-corrected chi connectivity index (χ2v) is 9.07. The van der Waals surface area contributed by atoms with Crippen LogP contribution >= 0.6 is 0 Å². The number of allylic oxidation sites excluding steroid dienone is 1. The van der Waals surface area contributed by atoms with Crippen LogP contribution < -0.4 is 0 Å². The van der Waals surface area contributed by atoms with E-state index in [1.165, 1.54) is 24.5 Å². The van der Waals surface area contributed by atoms with Gasteiger partial charge in [-0.15, -0.1) is 6.58 Å². The third-order valence-corrected chi connectivity index (χ3v) is 6.90. The first-order valence-electron chi connectivity index (χ1n) is 11.4. The maximum Gasteiger partial charge on any atom is 0.419 e. The summed E-state index contributed by atoms with van der Waals surface area (Å²) in [5, 5.41) is 1.39. The van der Waals surface area contributed by atoms with Crippen LogP contribution in [0, 0.1) is 17.6 Å². The Hall–Kier alpha value is -2.69. The van der Waals surface area contributed by atoms with Crippen molar-refractivity contribution in [1.29, 1.82) is 0 Å². The Morgan fingerprint density at radius 1 is 0.879 bits per heavy atom. The maximum atomic E-state index is 15.1. The molecule has 0 atom stereocenters. The van der Waals surface area contributed by atoms with Crippen molar-refractivity contribution in [3.63, 3.8) is 0 Å². The first-order valence-corrected chi connectivity index (χ1v) is 11.4. The molecule has 33 heavy (non-hydrogen) atoms. The van der Waals surface area contributed by atoms with Gasteiger partial charge in [-0.2, -0.15) is 13.2 Å². The highest BCUT2D eigenvalue weighted by atomic mass is 19.4. The molecule has 1 aliphatic rings. The lowest BCUT2D eigenvalue weighted by Gasteiger charge is -2.28. The van der Waals surface area contributed by atoms with Crippen molar-refractivity contribution in [2.24, 2.45) is 5.92 Å². The Labute approximate surface area is 191 Å². The fraction of sp³-hybridized carbons (Fsp3) is 0.357. The number of alkyl halides is 3. The van der Waals surface area contributed by atoms with Crippen LogP contribution in [0.2, 0.25) is 0 Å². The molecule has 0 spiro atoms. The molecule has 5 heteroatoms. The smallest absolute Gasteiger partial charge is 0.206 e. The summed E-state index contributed by atoms with van der Waals surface area (Å²) in [4.78, 5) is 0. The van der Waals surface area contributed by atoms with Gasteiger partial charge in [-0.3, -0.25) is 0 Å². The van der Waals surface area contributed by atoms with Crippen LogP contribution in [-0.4, -0.2) is 0 Å². The third-order valence-electron chi connectivity index (χ3n) is 6.90. The van der Waals surface area contributed by atoms with Crippen LogP contribution in [0.25, 0.3) is 10.8 Å². The highest BCUT2D eigenvalue weighted by Gasteiger charge is 2.33. The lowest BCUT2D eigenvalue weighted by molar-refractivity contribution is -0.140. The van der Waals surface area contributed by atoms with Gasteiger partial charge in [-0.1, -0.05) is 42.5 Å². The highest BCUT2D eigenvalue weighted by Crippen LogP contribution is 2.38. The Balaban J connectivity index is 1.47. The van der Waals surface area contributed by atoms with E-state index >= 15 is 4.39 Å². The summed E-state index contributed by atoms with van der Waals surface area (Å²) in [6.07, 6.45) is 3.51. The molecule has 0 heterocycles. The van der Waals surface area contributed by atoms with E-state index in [0.29, 0.717) is 22.4 Å². The van der Waals surface area contributed by atoms with Crippen LogP contribution in [0.3, 0.4) is 0 Å². The zero-order chi connectivity index (χ0) is 23.6. The molecule has 1 aliphatic carbocycles. The van der Waals surface area contributed by atoms with E-state index in [0.717, 1.165) is 42.7 Å². The van der Waals surface area contributed by atoms with Crippen LogP contribution in [0.5, 0.6) is 0 Å². The molecule has 0 amide bonds. The second-order valence-electron chi connectivity index (χ2n) is 9.07. The Morgan fingerprint density at radius 2 is 1.64 bits per heavy atom. The lowest BCUT2D eigenvalue weighted by atomic mass is 9.77. The molecule has 0 nitrogen and oxygen atoms in total. The van der Waals surface area contributed by atoms with E-state index in [1.54, 1.807) is 6.07 Å². The number of hydrogen-bond donors (Lipinski definition) is 0. The van der Waals surface area contributed by atoms with E-state index in [2.05, 4.69) is 12.6 Å². The normalized spacial score (nSPS) is 19.1. The van der Waals surface area contributed by atoms with Gasteiger partial charge >= 0.3 is 6.18 Å². The van der Waals surface area contributed by atoms with Gasteiger partial charge in [0, 0.05) is 5.39 Å². The molecule has 3 aromatic rings. The van der Waals surface area contributed by atoms with Gasteiger partial charge in [0.1, 0.15) is 11.6 Å². The number of rotatable bonds is 6. The zero-order valence-electron chi connectivity index (χ0n) is 18.4. The van der Waals surface area contributed by atoms with Gasteiger partial charge < -0.3 is 0 Å². The monoisotopic (exact) mass is 458 g/mol. The number of benzene rings is 3. The number of halogens is 5. The summed E-state index contributed by atoms with van der Waals surface area (Å²) >= 11 is 0. The summed E-state index contributed by atoms with van der Waals surface area (Å²) in [5.41, 5.74) is 0.836. The van der Waals surface area contributed by atoms with E-state index in [-0.39, 0.29) is 18.7 Å². The minimum atomic E-state index is -4.73. The van der Waals surface area contributed by atoms with E-state index in [1.807, 2.05) is 24.3 Å². The molecule has 0 N–H and O–H groups in total. The minimum absolute atomic E-state index is 0.253. The van der Waals surface area contributed by atoms with E-state index in [4.69, 9.17) is 0 Å². The van der Waals surface area contributed by atoms with Gasteiger partial charge in [0.15, 0.2) is 0 Å². The minimum Gasteiger partial charge on any atom is -0.206 e. The third kappa shape index (κ3) is 5.29. The predicted molar refractivity (Wildman–Crippen MR) is 122 cm³/mol. The molecular weight excluding hydrogens is 431 g/mol. The fourth-order valence-electron chi connectivity index (χ4n) is 4.99. The van der Waals surface area contributed by atoms with Crippen LogP contribution in [-0.2, 0) is 19.0 Å². The van der Waals surface area contributed by atoms with Crippen molar-refractivity contribution in [3.05, 3.63) is 95.1 Å². The summed E-state index contributed by atoms with van der Waals surface area (Å²) in [5.74, 6) is -0.406. The van der Waals surface area contributed by atoms with E-state index in [9.17, 15) is 17.6 Å². The predicted octanol–water partition coefficient (Wildman–Crippen LogP) is 8.77. The molecule has 174 valence electrons. The topological polar surface area (TPSA) is 0 Å². The molecule has 0 aliphatic heterocycles. The summed E-state index contributed by atoms with van der Waals surface area (Å²) in [6.45, 7) is 3.83. The Bertz CT molecular complexity index is 1140. The quantitative estimate of drug-likeness (QED) is 0.256. The molecular formula is C28H27F5. The van der Waals surface area contributed by atoms with Crippen molar-refractivity contribution in [3.8, 4) is 0 Å². The van der Waals surface area contributed by atoms with E-state index < -0.39 is 17.6 Å². The summed E-state index contributed by atoms with van der Waals surface area (Å²) in [7, 11) is 0. The van der Waals surface area contributed by atoms with Gasteiger partial charge in [0.05, 0.1) is 5.56 Å². The highest BCUT2D eigenvalue weighted by molar-refractivity contribution is 5.84. The van der Waals surface area contributed by atoms with Crippen molar-refractivity contribution < 1.29 is 22.0 Å². The first-order chi connectivity index (χ1) is 15.8. The lowest BCUT2D eigenvalue weighted by Crippen LogP contribution is -2.12. The van der Waals surface area contributed by atoms with Gasteiger partial charge in [0.25, 0.3) is 0 Å². The Kier molecular flexibility index (Phi) is 6.87. The SMILES string of the molecule is C=CCC1CCC(c2ccc3c(F)c(CCc4ccc(C(F)(F)F)c(F)c4)ccc3c2)CC1. The van der Waals surface area contributed by atoms with Crippen LogP contribution in [0.15, 0.2) is 61.2 Å². The standard InChI is InChI=1S/C28H27F5/c1-2-3-18-4-8-20(9-5-18)22-13-14-24-23(17-22)12-11-21(27(24)30)10-6-19-7-15-25(26(29)16-19)28(31,32)33/h2,7,11-18,20H,1,3-6,8-10H2. The molecule has 0 saturated heterocycles. The second kappa shape index (κ2) is 9.66. The van der Waals surface area contributed by atoms with Gasteiger partial charge in [-0.05, 0) is 91.0 Å².